The van der Waals surface area contributed by atoms with Crippen LogP contribution >= 0.6 is 0 Å². The van der Waals surface area contributed by atoms with E-state index in [0.717, 1.165) is 30.9 Å². The van der Waals surface area contributed by atoms with E-state index in [2.05, 4.69) is 5.32 Å². The second-order valence-corrected chi connectivity index (χ2v) is 5.22. The molecule has 5 heteroatoms. The Hall–Kier alpha value is -1.75. The maximum atomic E-state index is 11.9. The Balaban J connectivity index is 1.76. The summed E-state index contributed by atoms with van der Waals surface area (Å²) in [6.45, 7) is 4.36. The summed E-state index contributed by atoms with van der Waals surface area (Å²) in [6.07, 6.45) is 2.31. The molecule has 1 saturated heterocycles. The Kier molecular flexibility index (Phi) is 5.87. The van der Waals surface area contributed by atoms with E-state index in [1.165, 1.54) is 0 Å². The van der Waals surface area contributed by atoms with Crippen molar-refractivity contribution in [2.75, 3.05) is 38.3 Å². The van der Waals surface area contributed by atoms with Gasteiger partial charge in [-0.15, -0.1) is 0 Å². The molecule has 1 aromatic carbocycles. The molecular weight excluding hydrogens is 268 g/mol. The second kappa shape index (κ2) is 7.88. The van der Waals surface area contributed by atoms with E-state index in [4.69, 9.17) is 9.47 Å². The van der Waals surface area contributed by atoms with Crippen LogP contribution < -0.4 is 15.0 Å². The van der Waals surface area contributed by atoms with Crippen molar-refractivity contribution < 1.29 is 14.3 Å². The third-order valence-electron chi connectivity index (χ3n) is 3.52. The van der Waals surface area contributed by atoms with E-state index >= 15 is 0 Å². The zero-order valence-corrected chi connectivity index (χ0v) is 12.8. The normalized spacial score (nSPS) is 17.5. The van der Waals surface area contributed by atoms with E-state index in [9.17, 15) is 4.79 Å². The molecule has 21 heavy (non-hydrogen) atoms. The number of hydrogen-bond acceptors (Lipinski definition) is 4. The van der Waals surface area contributed by atoms with Crippen molar-refractivity contribution in [1.82, 2.24) is 5.32 Å². The van der Waals surface area contributed by atoms with Crippen LogP contribution in [0.15, 0.2) is 24.3 Å². The highest BCUT2D eigenvalue weighted by atomic mass is 16.5. The van der Waals surface area contributed by atoms with Crippen LogP contribution in [0.1, 0.15) is 19.8 Å². The summed E-state index contributed by atoms with van der Waals surface area (Å²) in [5.41, 5.74) is 0.991. The number of anilines is 1. The van der Waals surface area contributed by atoms with Gasteiger partial charge in [-0.3, -0.25) is 4.79 Å². The van der Waals surface area contributed by atoms with Crippen LogP contribution in [-0.4, -0.2) is 45.4 Å². The zero-order chi connectivity index (χ0) is 15.1. The molecule has 1 aliphatic heterocycles. The zero-order valence-electron chi connectivity index (χ0n) is 12.8. The van der Waals surface area contributed by atoms with Gasteiger partial charge in [0.2, 0.25) is 5.91 Å². The number of likely N-dealkylation sites (N-methyl/N-ethyl adjacent to an activating group) is 1. The van der Waals surface area contributed by atoms with Gasteiger partial charge in [0.1, 0.15) is 5.75 Å². The Morgan fingerprint density at radius 1 is 1.43 bits per heavy atom. The molecule has 1 atom stereocenters. The molecule has 5 nitrogen and oxygen atoms in total. The lowest BCUT2D eigenvalue weighted by Crippen LogP contribution is -2.38. The summed E-state index contributed by atoms with van der Waals surface area (Å²) in [5, 5.41) is 2.93. The van der Waals surface area contributed by atoms with Gasteiger partial charge in [0.15, 0.2) is 0 Å². The molecule has 1 heterocycles. The first-order valence-corrected chi connectivity index (χ1v) is 7.51. The molecular formula is C16H24N2O3. The summed E-state index contributed by atoms with van der Waals surface area (Å²) >= 11 is 0. The Bertz CT molecular complexity index is 441. The third-order valence-corrected chi connectivity index (χ3v) is 3.52. The van der Waals surface area contributed by atoms with Crippen LogP contribution in [0.4, 0.5) is 5.69 Å². The summed E-state index contributed by atoms with van der Waals surface area (Å²) in [7, 11) is 1.90. The first-order valence-electron chi connectivity index (χ1n) is 7.51. The first-order chi connectivity index (χ1) is 10.2. The van der Waals surface area contributed by atoms with Crippen molar-refractivity contribution in [2.24, 2.45) is 0 Å². The fourth-order valence-corrected chi connectivity index (χ4v) is 2.36. The number of nitrogens with one attached hydrogen (secondary N) is 1. The molecule has 1 amide bonds. The lowest BCUT2D eigenvalue weighted by Gasteiger charge is -2.20. The summed E-state index contributed by atoms with van der Waals surface area (Å²) < 4.78 is 10.9. The van der Waals surface area contributed by atoms with Gasteiger partial charge in [-0.05, 0) is 44.0 Å². The van der Waals surface area contributed by atoms with Gasteiger partial charge in [-0.1, -0.05) is 0 Å². The minimum atomic E-state index is 0.0156. The number of nitrogens with zero attached hydrogens (tertiary/aromatic N) is 1. The average Bonchev–Trinajstić information content (AvgIpc) is 2.99. The highest BCUT2D eigenvalue weighted by Crippen LogP contribution is 2.18. The maximum Gasteiger partial charge on any atom is 0.239 e. The highest BCUT2D eigenvalue weighted by Gasteiger charge is 2.16. The molecule has 0 bridgehead atoms. The lowest BCUT2D eigenvalue weighted by molar-refractivity contribution is -0.120. The quantitative estimate of drug-likeness (QED) is 0.833. The monoisotopic (exact) mass is 292 g/mol. The smallest absolute Gasteiger partial charge is 0.239 e. The van der Waals surface area contributed by atoms with E-state index in [1.54, 1.807) is 0 Å². The predicted molar refractivity (Wildman–Crippen MR) is 82.9 cm³/mol. The fraction of sp³-hybridized carbons (Fsp3) is 0.562. The molecule has 1 aromatic rings. The number of carbonyl (C=O) groups is 1. The highest BCUT2D eigenvalue weighted by molar-refractivity contribution is 5.81. The number of carbonyl (C=O) groups excluding carboxylic acids is 1. The van der Waals surface area contributed by atoms with Gasteiger partial charge in [0.05, 0.1) is 19.3 Å². The van der Waals surface area contributed by atoms with Crippen molar-refractivity contribution >= 4 is 11.6 Å². The van der Waals surface area contributed by atoms with Crippen LogP contribution in [0.5, 0.6) is 5.75 Å². The predicted octanol–water partition coefficient (Wildman–Crippen LogP) is 1.82. The number of benzene rings is 1. The average molecular weight is 292 g/mol. The molecule has 0 radical (unpaired) electrons. The number of hydrogen-bond donors (Lipinski definition) is 1. The van der Waals surface area contributed by atoms with Crippen molar-refractivity contribution in [3.05, 3.63) is 24.3 Å². The van der Waals surface area contributed by atoms with Crippen LogP contribution in [0.2, 0.25) is 0 Å². The second-order valence-electron chi connectivity index (χ2n) is 5.22. The van der Waals surface area contributed by atoms with Crippen molar-refractivity contribution in [3.8, 4) is 5.75 Å². The molecule has 2 rings (SSSR count). The lowest BCUT2D eigenvalue weighted by atomic mass is 10.2. The van der Waals surface area contributed by atoms with E-state index in [1.807, 2.05) is 43.1 Å². The molecule has 1 unspecified atom stereocenters. The van der Waals surface area contributed by atoms with Crippen molar-refractivity contribution in [2.45, 2.75) is 25.9 Å². The number of amides is 1. The maximum absolute atomic E-state index is 11.9. The van der Waals surface area contributed by atoms with Gasteiger partial charge >= 0.3 is 0 Å². The fourth-order valence-electron chi connectivity index (χ4n) is 2.36. The Labute approximate surface area is 126 Å². The van der Waals surface area contributed by atoms with Crippen molar-refractivity contribution in [1.29, 1.82) is 0 Å². The molecule has 1 N–H and O–H groups in total. The first kappa shape index (κ1) is 15.6. The van der Waals surface area contributed by atoms with Crippen LogP contribution in [0.25, 0.3) is 0 Å². The SMILES string of the molecule is CCOc1ccc(N(C)CC(=O)NCC2CCCO2)cc1. The van der Waals surface area contributed by atoms with Gasteiger partial charge in [-0.2, -0.15) is 0 Å². The van der Waals surface area contributed by atoms with E-state index < -0.39 is 0 Å². The third kappa shape index (κ3) is 4.93. The van der Waals surface area contributed by atoms with Gasteiger partial charge in [0.25, 0.3) is 0 Å². The van der Waals surface area contributed by atoms with Crippen LogP contribution in [0, 0.1) is 0 Å². The summed E-state index contributed by atoms with van der Waals surface area (Å²) in [4.78, 5) is 13.8. The van der Waals surface area contributed by atoms with Gasteiger partial charge < -0.3 is 19.7 Å². The summed E-state index contributed by atoms with van der Waals surface area (Å²) in [6, 6.07) is 7.75. The molecule has 116 valence electrons. The molecule has 1 fully saturated rings. The molecule has 0 aliphatic carbocycles. The van der Waals surface area contributed by atoms with Gasteiger partial charge in [-0.25, -0.2) is 0 Å². The standard InChI is InChI=1S/C16H24N2O3/c1-3-20-14-8-6-13(7-9-14)18(2)12-16(19)17-11-15-5-4-10-21-15/h6-9,15H,3-5,10-12H2,1-2H3,(H,17,19). The van der Waals surface area contributed by atoms with E-state index in [0.29, 0.717) is 19.7 Å². The number of rotatable bonds is 7. The van der Waals surface area contributed by atoms with Gasteiger partial charge in [0, 0.05) is 25.9 Å². The topological polar surface area (TPSA) is 50.8 Å². The molecule has 0 saturated carbocycles. The molecule has 1 aliphatic rings. The minimum absolute atomic E-state index is 0.0156. The summed E-state index contributed by atoms with van der Waals surface area (Å²) in [5.74, 6) is 0.861. The van der Waals surface area contributed by atoms with Crippen LogP contribution in [0.3, 0.4) is 0 Å². The Morgan fingerprint density at radius 3 is 2.81 bits per heavy atom. The van der Waals surface area contributed by atoms with Crippen LogP contribution in [-0.2, 0) is 9.53 Å². The largest absolute Gasteiger partial charge is 0.494 e. The number of ether oxygens (including phenoxy) is 2. The van der Waals surface area contributed by atoms with E-state index in [-0.39, 0.29) is 12.0 Å². The molecule has 0 spiro atoms. The molecule has 0 aromatic heterocycles. The van der Waals surface area contributed by atoms with Crippen molar-refractivity contribution in [3.63, 3.8) is 0 Å². The Morgan fingerprint density at radius 2 is 2.19 bits per heavy atom. The minimum Gasteiger partial charge on any atom is -0.494 e.